The number of carboxylic acid groups (broad SMARTS) is 1. The van der Waals surface area contributed by atoms with Crippen LogP contribution in [0.3, 0.4) is 0 Å². The van der Waals surface area contributed by atoms with Gasteiger partial charge in [-0.15, -0.1) is 0 Å². The first-order valence-electron chi connectivity index (χ1n) is 13.6. The Morgan fingerprint density at radius 3 is 2.35 bits per heavy atom. The van der Waals surface area contributed by atoms with Gasteiger partial charge in [0.1, 0.15) is 24.4 Å². The number of aliphatic hydroxyl groups excluding tert-OH is 3. The number of benzene rings is 1. The van der Waals surface area contributed by atoms with Gasteiger partial charge < -0.3 is 45.7 Å². The fraction of sp³-hybridized carbons (Fsp3) is 0.577. The van der Waals surface area contributed by atoms with E-state index in [1.165, 1.54) is 12.3 Å². The first kappa shape index (κ1) is 37.1. The first-order chi connectivity index (χ1) is 21.4. The summed E-state index contributed by atoms with van der Waals surface area (Å²) in [5.41, 5.74) is 3.87. The quantitative estimate of drug-likeness (QED) is 0.125. The van der Waals surface area contributed by atoms with Crippen molar-refractivity contribution in [3.05, 3.63) is 68.5 Å². The van der Waals surface area contributed by atoms with Crippen molar-refractivity contribution in [2.45, 2.75) is 74.3 Å². The average Bonchev–Trinajstić information content (AvgIpc) is 3.48. The lowest BCUT2D eigenvalue weighted by Crippen LogP contribution is -2.44. The Morgan fingerprint density at radius 2 is 1.78 bits per heavy atom. The third-order valence-corrected chi connectivity index (χ3v) is 6.95. The van der Waals surface area contributed by atoms with Gasteiger partial charge >= 0.3 is 24.0 Å². The molecule has 20 heteroatoms. The molecule has 3 heterocycles. The van der Waals surface area contributed by atoms with Gasteiger partial charge in [0.25, 0.3) is 5.56 Å². The van der Waals surface area contributed by atoms with Crippen LogP contribution in [0.15, 0.2) is 46.1 Å². The van der Waals surface area contributed by atoms with Gasteiger partial charge in [0.2, 0.25) is 0 Å². The lowest BCUT2D eigenvalue weighted by atomic mass is 10.1. The van der Waals surface area contributed by atoms with Crippen LogP contribution in [0.2, 0.25) is 0 Å². The zero-order valence-electron chi connectivity index (χ0n) is 23.6. The standard InChI is InChI=1S/C24H31F3N4O8.C2HF3O2/c25-24(26,27)13-3-1-2-12(8-13)4-6-29-11-17(39-22-20(35)19(34)16(10-28)38-22)15-9-14(32)21(37-15)31-7-5-18(33)30-23(31)36;3-2(4,5)1(6)7/h1-3,5,7-8,14-17,19-22,29,32,34-35H,4,6,9-11,28H2,(H,30,33,36);(H,6,7)/t14-,15+,16-,17+,19-,20-,21-,22+;/m1./s1. The Morgan fingerprint density at radius 1 is 1.11 bits per heavy atom. The molecule has 0 unspecified atom stereocenters. The fourth-order valence-corrected chi connectivity index (χ4v) is 4.64. The van der Waals surface area contributed by atoms with Crippen molar-refractivity contribution in [2.24, 2.45) is 5.73 Å². The van der Waals surface area contributed by atoms with Gasteiger partial charge in [0.05, 0.1) is 17.8 Å². The van der Waals surface area contributed by atoms with Crippen LogP contribution in [0, 0.1) is 0 Å². The molecule has 4 rings (SSSR count). The van der Waals surface area contributed by atoms with E-state index in [-0.39, 0.29) is 32.5 Å². The second-order valence-electron chi connectivity index (χ2n) is 10.3. The van der Waals surface area contributed by atoms with E-state index in [1.807, 2.05) is 0 Å². The van der Waals surface area contributed by atoms with Crippen LogP contribution >= 0.6 is 0 Å². The second-order valence-corrected chi connectivity index (χ2v) is 10.3. The van der Waals surface area contributed by atoms with E-state index >= 15 is 0 Å². The highest BCUT2D eigenvalue weighted by molar-refractivity contribution is 5.73. The maximum absolute atomic E-state index is 13.0. The van der Waals surface area contributed by atoms with Gasteiger partial charge in [-0.1, -0.05) is 18.2 Å². The van der Waals surface area contributed by atoms with Gasteiger partial charge in [0, 0.05) is 31.8 Å². The predicted octanol–water partition coefficient (Wildman–Crippen LogP) is -0.540. The molecule has 2 aliphatic heterocycles. The minimum absolute atomic E-state index is 0.00188. The Bertz CT molecular complexity index is 1420. The van der Waals surface area contributed by atoms with Crippen molar-refractivity contribution >= 4 is 5.97 Å². The molecule has 1 aromatic heterocycles. The number of aliphatic carboxylic acids is 1. The van der Waals surface area contributed by atoms with Crippen LogP contribution in [0.5, 0.6) is 0 Å². The number of H-pyrrole nitrogens is 1. The number of ether oxygens (including phenoxy) is 3. The molecule has 0 bridgehead atoms. The molecule has 8 atom stereocenters. The van der Waals surface area contributed by atoms with E-state index in [4.69, 9.17) is 29.8 Å². The number of hydrogen-bond donors (Lipinski definition) is 7. The second kappa shape index (κ2) is 15.5. The van der Waals surface area contributed by atoms with Crippen LogP contribution in [-0.4, -0.2) is 105 Å². The number of halogens is 6. The van der Waals surface area contributed by atoms with Gasteiger partial charge in [-0.2, -0.15) is 26.3 Å². The third kappa shape index (κ3) is 9.82. The van der Waals surface area contributed by atoms with Crippen LogP contribution < -0.4 is 22.3 Å². The molecule has 2 aromatic rings. The number of nitrogens with zero attached hydrogens (tertiary/aromatic N) is 1. The van der Waals surface area contributed by atoms with Crippen molar-refractivity contribution in [1.29, 1.82) is 0 Å². The maximum Gasteiger partial charge on any atom is 0.490 e. The predicted molar refractivity (Wildman–Crippen MR) is 142 cm³/mol. The number of nitrogens with one attached hydrogen (secondary N) is 2. The van der Waals surface area contributed by atoms with Gasteiger partial charge in [-0.05, 0) is 24.6 Å². The van der Waals surface area contributed by atoms with E-state index in [9.17, 15) is 51.3 Å². The van der Waals surface area contributed by atoms with E-state index in [1.54, 1.807) is 6.07 Å². The summed E-state index contributed by atoms with van der Waals surface area (Å²) in [5, 5.41) is 41.3. The molecule has 46 heavy (non-hydrogen) atoms. The number of alkyl halides is 6. The Balaban J connectivity index is 0.000000738. The zero-order valence-corrected chi connectivity index (χ0v) is 23.6. The zero-order chi connectivity index (χ0) is 34.4. The topological polar surface area (TPSA) is 219 Å². The van der Waals surface area contributed by atoms with Crippen molar-refractivity contribution < 1.29 is 65.8 Å². The first-order valence-corrected chi connectivity index (χ1v) is 13.6. The smallest absolute Gasteiger partial charge is 0.475 e. The van der Waals surface area contributed by atoms with Crippen molar-refractivity contribution in [1.82, 2.24) is 14.9 Å². The molecular formula is C26H32F6N4O10. The molecule has 0 spiro atoms. The number of hydrogen-bond acceptors (Lipinski definition) is 11. The number of aromatic amines is 1. The number of rotatable bonds is 10. The molecule has 258 valence electrons. The number of carbonyl (C=O) groups is 1. The highest BCUT2D eigenvalue weighted by Gasteiger charge is 2.47. The Hall–Kier alpha value is -3.37. The van der Waals surface area contributed by atoms with E-state index in [0.29, 0.717) is 5.56 Å². The lowest BCUT2D eigenvalue weighted by Gasteiger charge is -2.28. The molecule has 8 N–H and O–H groups in total. The largest absolute Gasteiger partial charge is 0.490 e. The molecule has 0 radical (unpaired) electrons. The highest BCUT2D eigenvalue weighted by Crippen LogP contribution is 2.33. The summed E-state index contributed by atoms with van der Waals surface area (Å²) in [6.45, 7) is 0.231. The average molecular weight is 675 g/mol. The van der Waals surface area contributed by atoms with E-state index in [0.717, 1.165) is 22.8 Å². The summed E-state index contributed by atoms with van der Waals surface area (Å²) >= 11 is 0. The number of carboxylic acids is 1. The molecular weight excluding hydrogens is 642 g/mol. The Kier molecular flexibility index (Phi) is 12.5. The molecule has 0 amide bonds. The number of aromatic nitrogens is 2. The highest BCUT2D eigenvalue weighted by atomic mass is 19.4. The van der Waals surface area contributed by atoms with Crippen LogP contribution in [-0.2, 0) is 31.6 Å². The van der Waals surface area contributed by atoms with Gasteiger partial charge in [0.15, 0.2) is 12.5 Å². The molecule has 2 fully saturated rings. The maximum atomic E-state index is 13.0. The fourth-order valence-electron chi connectivity index (χ4n) is 4.64. The number of aliphatic hydroxyl groups is 3. The lowest BCUT2D eigenvalue weighted by molar-refractivity contribution is -0.213. The third-order valence-electron chi connectivity index (χ3n) is 6.95. The van der Waals surface area contributed by atoms with Gasteiger partial charge in [-0.25, -0.2) is 9.59 Å². The van der Waals surface area contributed by atoms with E-state index in [2.05, 4.69) is 10.3 Å². The normalized spacial score (nSPS) is 27.2. The molecule has 0 saturated carbocycles. The number of nitrogens with two attached hydrogens (primary N) is 1. The minimum atomic E-state index is -5.08. The molecule has 1 aromatic carbocycles. The summed E-state index contributed by atoms with van der Waals surface area (Å²) in [7, 11) is 0. The van der Waals surface area contributed by atoms with Crippen molar-refractivity contribution in [2.75, 3.05) is 19.6 Å². The summed E-state index contributed by atoms with van der Waals surface area (Å²) in [6.07, 6.45) is -17.0. The summed E-state index contributed by atoms with van der Waals surface area (Å²) in [4.78, 5) is 34.6. The van der Waals surface area contributed by atoms with Crippen molar-refractivity contribution in [3.8, 4) is 0 Å². The summed E-state index contributed by atoms with van der Waals surface area (Å²) in [5.74, 6) is -2.76. The van der Waals surface area contributed by atoms with Crippen LogP contribution in [0.4, 0.5) is 26.3 Å². The Labute approximate surface area is 255 Å². The summed E-state index contributed by atoms with van der Waals surface area (Å²) < 4.78 is 89.2. The summed E-state index contributed by atoms with van der Waals surface area (Å²) in [6, 6.07) is 6.06. The van der Waals surface area contributed by atoms with Gasteiger partial charge in [-0.3, -0.25) is 14.3 Å². The van der Waals surface area contributed by atoms with E-state index < -0.39 is 84.3 Å². The molecule has 14 nitrogen and oxygen atoms in total. The monoisotopic (exact) mass is 674 g/mol. The SMILES string of the molecule is NC[C@H]1O[C@@H](O[C@@H](CNCCc2cccc(C(F)(F)F)c2)[C@@H]2C[C@@H](O)[C@H](n3ccc(=O)[nH]c3=O)O2)[C@H](O)[C@@H]1O.O=C(O)C(F)(F)F. The van der Waals surface area contributed by atoms with Crippen LogP contribution in [0.1, 0.15) is 23.8 Å². The minimum Gasteiger partial charge on any atom is -0.475 e. The van der Waals surface area contributed by atoms with Crippen molar-refractivity contribution in [3.63, 3.8) is 0 Å². The van der Waals surface area contributed by atoms with Crippen LogP contribution in [0.25, 0.3) is 0 Å². The molecule has 2 saturated heterocycles. The molecule has 2 aliphatic rings. The molecule has 0 aliphatic carbocycles.